The Bertz CT molecular complexity index is 153. The van der Waals surface area contributed by atoms with Gasteiger partial charge in [0.15, 0.2) is 0 Å². The van der Waals surface area contributed by atoms with Crippen LogP contribution in [0.4, 0.5) is 0 Å². The van der Waals surface area contributed by atoms with Crippen molar-refractivity contribution in [3.05, 3.63) is 0 Å². The second-order valence-electron chi connectivity index (χ2n) is 3.92. The molecule has 0 bridgehead atoms. The van der Waals surface area contributed by atoms with E-state index in [4.69, 9.17) is 0 Å². The summed E-state index contributed by atoms with van der Waals surface area (Å²) in [7, 11) is 0. The number of aliphatic imine (C=N–C) groups is 1. The Morgan fingerprint density at radius 2 is 1.93 bits per heavy atom. The molecule has 0 saturated heterocycles. The van der Waals surface area contributed by atoms with Crippen molar-refractivity contribution < 1.29 is 0 Å². The van der Waals surface area contributed by atoms with Crippen LogP contribution in [0.1, 0.15) is 40.5 Å². The fourth-order valence-electron chi connectivity index (χ4n) is 1.43. The summed E-state index contributed by atoms with van der Waals surface area (Å²) < 4.78 is 0. The van der Waals surface area contributed by atoms with Crippen LogP contribution in [0.2, 0.25) is 0 Å². The summed E-state index contributed by atoms with van der Waals surface area (Å²) in [5.41, 5.74) is 0. The van der Waals surface area contributed by atoms with E-state index in [-0.39, 0.29) is 0 Å². The normalized spacial score (nSPS) is 13.7. The number of rotatable bonds is 9. The third kappa shape index (κ3) is 8.43. The van der Waals surface area contributed by atoms with E-state index in [1.54, 1.807) is 0 Å². The lowest BCUT2D eigenvalue weighted by atomic mass is 10.3. The van der Waals surface area contributed by atoms with E-state index in [0.29, 0.717) is 6.04 Å². The van der Waals surface area contributed by atoms with Crippen molar-refractivity contribution in [2.45, 2.75) is 46.6 Å². The fraction of sp³-hybridized carbons (Fsp3) is 0.917. The van der Waals surface area contributed by atoms with Gasteiger partial charge in [-0.25, -0.2) is 0 Å². The maximum Gasteiger partial charge on any atom is 0.0827 e. The molecule has 0 aromatic heterocycles. The molecule has 15 heavy (non-hydrogen) atoms. The Balaban J connectivity index is 3.57. The van der Waals surface area contributed by atoms with Gasteiger partial charge in [-0.2, -0.15) is 0 Å². The van der Waals surface area contributed by atoms with Crippen LogP contribution in [0.5, 0.6) is 0 Å². The van der Waals surface area contributed by atoms with Crippen LogP contribution in [0.3, 0.4) is 0 Å². The Morgan fingerprint density at radius 3 is 2.47 bits per heavy atom. The fourth-order valence-corrected chi connectivity index (χ4v) is 1.43. The number of nitrogens with zero attached hydrogens (tertiary/aromatic N) is 2. The average Bonchev–Trinajstić information content (AvgIpc) is 2.25. The lowest BCUT2D eigenvalue weighted by molar-refractivity contribution is 0.289. The third-order valence-electron chi connectivity index (χ3n) is 2.51. The van der Waals surface area contributed by atoms with Crippen LogP contribution in [-0.2, 0) is 0 Å². The molecule has 0 rings (SSSR count). The lowest BCUT2D eigenvalue weighted by Crippen LogP contribution is -2.30. The Labute approximate surface area is 95.0 Å². The molecule has 0 aliphatic rings. The molecule has 0 aromatic carbocycles. The second kappa shape index (κ2) is 9.97. The topological polar surface area (TPSA) is 27.6 Å². The van der Waals surface area contributed by atoms with Crippen LogP contribution in [0, 0.1) is 0 Å². The van der Waals surface area contributed by atoms with Crippen molar-refractivity contribution >= 4 is 6.34 Å². The molecule has 3 heteroatoms. The zero-order chi connectivity index (χ0) is 11.5. The van der Waals surface area contributed by atoms with E-state index >= 15 is 0 Å². The minimum Gasteiger partial charge on any atom is -0.376 e. The lowest BCUT2D eigenvalue weighted by Gasteiger charge is -2.20. The van der Waals surface area contributed by atoms with E-state index in [1.165, 1.54) is 12.8 Å². The maximum atomic E-state index is 4.45. The number of hydrogen-bond donors (Lipinski definition) is 1. The van der Waals surface area contributed by atoms with Gasteiger partial charge in [-0.15, -0.1) is 0 Å². The summed E-state index contributed by atoms with van der Waals surface area (Å²) in [6, 6.07) is 0.388. The van der Waals surface area contributed by atoms with Crippen LogP contribution in [0.15, 0.2) is 4.99 Å². The molecule has 0 saturated carbocycles. The minimum atomic E-state index is 0.388. The average molecular weight is 213 g/mol. The van der Waals surface area contributed by atoms with Crippen LogP contribution < -0.4 is 5.32 Å². The van der Waals surface area contributed by atoms with Crippen molar-refractivity contribution in [2.75, 3.05) is 26.2 Å². The van der Waals surface area contributed by atoms with Crippen LogP contribution in [-0.4, -0.2) is 43.5 Å². The van der Waals surface area contributed by atoms with Gasteiger partial charge in [0.05, 0.1) is 12.4 Å². The Hall–Kier alpha value is -0.570. The van der Waals surface area contributed by atoms with Gasteiger partial charge in [0.2, 0.25) is 0 Å². The Kier molecular flexibility index (Phi) is 9.59. The smallest absolute Gasteiger partial charge is 0.0827 e. The van der Waals surface area contributed by atoms with Crippen molar-refractivity contribution in [1.29, 1.82) is 0 Å². The first-order chi connectivity index (χ1) is 7.24. The summed E-state index contributed by atoms with van der Waals surface area (Å²) in [6.45, 7) is 13.1. The van der Waals surface area contributed by atoms with Gasteiger partial charge in [0.25, 0.3) is 0 Å². The highest BCUT2D eigenvalue weighted by Gasteiger charge is 2.03. The Morgan fingerprint density at radius 1 is 1.27 bits per heavy atom. The van der Waals surface area contributed by atoms with Gasteiger partial charge in [-0.1, -0.05) is 27.2 Å². The molecule has 1 unspecified atom stereocenters. The molecular weight excluding hydrogens is 186 g/mol. The standard InChI is InChI=1S/C12H27N3/c1-5-8-9-13-11-14-12(4)10-15(6-2)7-3/h11-12H,5-10H2,1-4H3,(H,13,14). The third-order valence-corrected chi connectivity index (χ3v) is 2.51. The number of nitrogens with one attached hydrogen (secondary N) is 1. The molecule has 1 N–H and O–H groups in total. The first-order valence-electron chi connectivity index (χ1n) is 6.21. The van der Waals surface area contributed by atoms with E-state index in [1.807, 2.05) is 6.34 Å². The van der Waals surface area contributed by atoms with E-state index in [9.17, 15) is 0 Å². The first kappa shape index (κ1) is 14.4. The first-order valence-corrected chi connectivity index (χ1v) is 6.21. The highest BCUT2D eigenvalue weighted by Crippen LogP contribution is 1.94. The summed E-state index contributed by atoms with van der Waals surface area (Å²) in [4.78, 5) is 6.85. The minimum absolute atomic E-state index is 0.388. The molecule has 90 valence electrons. The van der Waals surface area contributed by atoms with Gasteiger partial charge >= 0.3 is 0 Å². The van der Waals surface area contributed by atoms with Crippen molar-refractivity contribution in [3.8, 4) is 0 Å². The van der Waals surface area contributed by atoms with Gasteiger partial charge in [0, 0.05) is 13.1 Å². The molecule has 0 aliphatic heterocycles. The van der Waals surface area contributed by atoms with Gasteiger partial charge in [-0.05, 0) is 26.4 Å². The van der Waals surface area contributed by atoms with Crippen molar-refractivity contribution in [3.63, 3.8) is 0 Å². The zero-order valence-electron chi connectivity index (χ0n) is 10.8. The maximum absolute atomic E-state index is 4.45. The summed E-state index contributed by atoms with van der Waals surface area (Å²) in [5.74, 6) is 0. The highest BCUT2D eigenvalue weighted by atomic mass is 15.1. The quantitative estimate of drug-likeness (QED) is 0.361. The zero-order valence-corrected chi connectivity index (χ0v) is 10.8. The highest BCUT2D eigenvalue weighted by molar-refractivity contribution is 5.54. The number of likely N-dealkylation sites (N-methyl/N-ethyl adjacent to an activating group) is 1. The molecule has 0 fully saturated rings. The molecule has 0 radical (unpaired) electrons. The van der Waals surface area contributed by atoms with Gasteiger partial charge in [0.1, 0.15) is 0 Å². The van der Waals surface area contributed by atoms with E-state index in [2.05, 4.69) is 42.9 Å². The van der Waals surface area contributed by atoms with Gasteiger partial charge in [-0.3, -0.25) is 4.99 Å². The SMILES string of the molecule is CCCCN/C=N/C(C)CN(CC)CC. The monoisotopic (exact) mass is 213 g/mol. The van der Waals surface area contributed by atoms with Gasteiger partial charge < -0.3 is 10.2 Å². The molecular formula is C12H27N3. The molecule has 0 aliphatic carbocycles. The molecule has 0 heterocycles. The second-order valence-corrected chi connectivity index (χ2v) is 3.92. The van der Waals surface area contributed by atoms with Crippen LogP contribution >= 0.6 is 0 Å². The summed E-state index contributed by atoms with van der Waals surface area (Å²) >= 11 is 0. The van der Waals surface area contributed by atoms with E-state index < -0.39 is 0 Å². The molecule has 0 amide bonds. The molecule has 3 nitrogen and oxygen atoms in total. The van der Waals surface area contributed by atoms with Crippen molar-refractivity contribution in [1.82, 2.24) is 10.2 Å². The predicted octanol–water partition coefficient (Wildman–Crippen LogP) is 2.13. The molecule has 0 spiro atoms. The van der Waals surface area contributed by atoms with Crippen LogP contribution in [0.25, 0.3) is 0 Å². The number of hydrogen-bond acceptors (Lipinski definition) is 2. The van der Waals surface area contributed by atoms with Crippen molar-refractivity contribution in [2.24, 2.45) is 4.99 Å². The summed E-state index contributed by atoms with van der Waals surface area (Å²) in [5, 5.41) is 3.22. The summed E-state index contributed by atoms with van der Waals surface area (Å²) in [6.07, 6.45) is 4.32. The molecule has 0 aromatic rings. The number of unbranched alkanes of at least 4 members (excludes halogenated alkanes) is 1. The predicted molar refractivity (Wildman–Crippen MR) is 68.7 cm³/mol. The van der Waals surface area contributed by atoms with E-state index in [0.717, 1.165) is 26.2 Å². The largest absolute Gasteiger partial charge is 0.376 e. The molecule has 1 atom stereocenters.